The number of nitrogens with zero attached hydrogens (tertiary/aromatic N) is 3. The molecule has 3 rings (SSSR count). The van der Waals surface area contributed by atoms with Crippen LogP contribution in [0.4, 0.5) is 17.1 Å². The summed E-state index contributed by atoms with van der Waals surface area (Å²) in [5.74, 6) is 0. The van der Waals surface area contributed by atoms with Crippen LogP contribution < -0.4 is 5.32 Å². The maximum Gasteiger partial charge on any atom is 0.297 e. The van der Waals surface area contributed by atoms with Crippen LogP contribution in [0.2, 0.25) is 0 Å². The summed E-state index contributed by atoms with van der Waals surface area (Å²) in [5.41, 5.74) is 3.42. The number of aryl methyl sites for hydroxylation is 1. The van der Waals surface area contributed by atoms with Gasteiger partial charge in [0, 0.05) is 27.7 Å². The van der Waals surface area contributed by atoms with Gasteiger partial charge in [0.2, 0.25) is 0 Å². The van der Waals surface area contributed by atoms with Crippen molar-refractivity contribution in [3.05, 3.63) is 62.0 Å². The Morgan fingerprint density at radius 1 is 1.09 bits per heavy atom. The second kappa shape index (κ2) is 5.84. The quantitative estimate of drug-likeness (QED) is 0.401. The number of hydrogen-bond acceptors (Lipinski definition) is 5. The van der Waals surface area contributed by atoms with E-state index in [9.17, 15) is 10.1 Å². The van der Waals surface area contributed by atoms with E-state index in [1.165, 1.54) is 18.5 Å². The first-order valence-corrected chi connectivity index (χ1v) is 7.55. The molecule has 0 saturated carbocycles. The summed E-state index contributed by atoms with van der Waals surface area (Å²) in [7, 11) is 0. The number of nitro groups is 1. The summed E-state index contributed by atoms with van der Waals surface area (Å²) in [6.07, 6.45) is 2.98. The zero-order valence-corrected chi connectivity index (χ0v) is 13.7. The van der Waals surface area contributed by atoms with Crippen molar-refractivity contribution in [3.8, 4) is 0 Å². The molecule has 2 aromatic carbocycles. The summed E-state index contributed by atoms with van der Waals surface area (Å²) < 4.78 is 1.15. The van der Waals surface area contributed by atoms with Crippen molar-refractivity contribution < 1.29 is 4.92 Å². The molecule has 7 heteroatoms. The number of anilines is 2. The molecule has 0 amide bonds. The first kappa shape index (κ1) is 14.6. The molecule has 3 aromatic rings. The average Bonchev–Trinajstić information content (AvgIpc) is 2.50. The Balaban J connectivity index is 2.12. The van der Waals surface area contributed by atoms with Gasteiger partial charge in [-0.05, 0) is 59.3 Å². The highest BCUT2D eigenvalue weighted by molar-refractivity contribution is 14.1. The second-order valence-electron chi connectivity index (χ2n) is 4.73. The van der Waals surface area contributed by atoms with Crippen LogP contribution in [-0.2, 0) is 0 Å². The summed E-state index contributed by atoms with van der Waals surface area (Å²) in [6.45, 7) is 2.00. The van der Waals surface area contributed by atoms with Gasteiger partial charge >= 0.3 is 0 Å². The number of fused-ring (bicyclic) bond motifs is 1. The fourth-order valence-electron chi connectivity index (χ4n) is 2.20. The van der Waals surface area contributed by atoms with Gasteiger partial charge in [-0.25, -0.2) is 4.98 Å². The fraction of sp³-hybridized carbons (Fsp3) is 0.0667. The number of hydrogen-bond donors (Lipinski definition) is 1. The molecule has 0 bridgehead atoms. The largest absolute Gasteiger partial charge is 0.353 e. The van der Waals surface area contributed by atoms with Gasteiger partial charge in [-0.15, -0.1) is 0 Å². The van der Waals surface area contributed by atoms with Crippen LogP contribution in [0, 0.1) is 20.6 Å². The van der Waals surface area contributed by atoms with Crippen molar-refractivity contribution in [3.63, 3.8) is 0 Å². The lowest BCUT2D eigenvalue weighted by molar-refractivity contribution is -0.383. The molecule has 0 fully saturated rings. The molecule has 1 aromatic heterocycles. The topological polar surface area (TPSA) is 81.0 Å². The van der Waals surface area contributed by atoms with E-state index in [-0.39, 0.29) is 11.2 Å². The SMILES string of the molecule is Cc1cc(I)ccc1Nc1ccc([N+](=O)[O-])c2nccnc12. The van der Waals surface area contributed by atoms with Gasteiger partial charge in [-0.2, -0.15) is 0 Å². The molecule has 0 aliphatic rings. The Bertz CT molecular complexity index is 883. The molecule has 0 spiro atoms. The Morgan fingerprint density at radius 2 is 1.77 bits per heavy atom. The predicted molar refractivity (Wildman–Crippen MR) is 93.4 cm³/mol. The third kappa shape index (κ3) is 2.71. The van der Waals surface area contributed by atoms with Gasteiger partial charge in [0.15, 0.2) is 5.52 Å². The van der Waals surface area contributed by atoms with Gasteiger partial charge < -0.3 is 5.32 Å². The van der Waals surface area contributed by atoms with Crippen molar-refractivity contribution in [2.75, 3.05) is 5.32 Å². The summed E-state index contributed by atoms with van der Waals surface area (Å²) in [4.78, 5) is 19.0. The number of aromatic nitrogens is 2. The van der Waals surface area contributed by atoms with Crippen LogP contribution in [-0.4, -0.2) is 14.9 Å². The number of rotatable bonds is 3. The van der Waals surface area contributed by atoms with Crippen molar-refractivity contribution in [1.82, 2.24) is 9.97 Å². The molecule has 0 radical (unpaired) electrons. The Morgan fingerprint density at radius 3 is 2.45 bits per heavy atom. The van der Waals surface area contributed by atoms with Crippen molar-refractivity contribution in [1.29, 1.82) is 0 Å². The minimum absolute atomic E-state index is 0.0482. The van der Waals surface area contributed by atoms with Crippen molar-refractivity contribution in [2.45, 2.75) is 6.92 Å². The van der Waals surface area contributed by atoms with E-state index in [0.717, 1.165) is 14.8 Å². The van der Waals surface area contributed by atoms with E-state index in [1.807, 2.05) is 19.1 Å². The molecule has 6 nitrogen and oxygen atoms in total. The van der Waals surface area contributed by atoms with Crippen molar-refractivity contribution in [2.24, 2.45) is 0 Å². The van der Waals surface area contributed by atoms with Crippen LogP contribution >= 0.6 is 22.6 Å². The third-order valence-electron chi connectivity index (χ3n) is 3.26. The highest BCUT2D eigenvalue weighted by Crippen LogP contribution is 2.31. The van der Waals surface area contributed by atoms with Gasteiger partial charge in [-0.1, -0.05) is 0 Å². The highest BCUT2D eigenvalue weighted by atomic mass is 127. The predicted octanol–water partition coefficient (Wildman–Crippen LogP) is 4.19. The molecule has 0 unspecified atom stereocenters. The fourth-order valence-corrected chi connectivity index (χ4v) is 2.85. The first-order valence-electron chi connectivity index (χ1n) is 6.47. The maximum atomic E-state index is 11.1. The summed E-state index contributed by atoms with van der Waals surface area (Å²) in [6, 6.07) is 9.13. The van der Waals surface area contributed by atoms with E-state index in [2.05, 4.69) is 43.9 Å². The smallest absolute Gasteiger partial charge is 0.297 e. The number of benzene rings is 2. The molecular formula is C15H11IN4O2. The number of halogens is 1. The average molecular weight is 406 g/mol. The van der Waals surface area contributed by atoms with E-state index in [1.54, 1.807) is 6.07 Å². The molecule has 0 aliphatic carbocycles. The van der Waals surface area contributed by atoms with Crippen LogP contribution in [0.1, 0.15) is 5.56 Å². The molecule has 110 valence electrons. The van der Waals surface area contributed by atoms with Crippen molar-refractivity contribution >= 4 is 50.7 Å². The lowest BCUT2D eigenvalue weighted by Crippen LogP contribution is -1.99. The minimum Gasteiger partial charge on any atom is -0.353 e. The minimum atomic E-state index is -0.447. The van der Waals surface area contributed by atoms with Gasteiger partial charge in [0.1, 0.15) is 5.52 Å². The Kier molecular flexibility index (Phi) is 3.88. The molecule has 0 saturated heterocycles. The second-order valence-corrected chi connectivity index (χ2v) is 5.97. The number of nitrogens with one attached hydrogen (secondary N) is 1. The zero-order chi connectivity index (χ0) is 15.7. The summed E-state index contributed by atoms with van der Waals surface area (Å²) >= 11 is 2.25. The van der Waals surface area contributed by atoms with E-state index in [4.69, 9.17) is 0 Å². The summed E-state index contributed by atoms with van der Waals surface area (Å²) in [5, 5.41) is 14.4. The van der Waals surface area contributed by atoms with Crippen LogP contribution in [0.5, 0.6) is 0 Å². The maximum absolute atomic E-state index is 11.1. The number of non-ortho nitro benzene ring substituents is 1. The standard InChI is InChI=1S/C15H11IN4O2/c1-9-8-10(16)2-3-11(9)19-12-4-5-13(20(21)22)15-14(12)17-6-7-18-15/h2-8,19H,1H3. The van der Waals surface area contributed by atoms with Crippen LogP contribution in [0.15, 0.2) is 42.7 Å². The molecule has 1 heterocycles. The van der Waals surface area contributed by atoms with E-state index < -0.39 is 4.92 Å². The molecular weight excluding hydrogens is 395 g/mol. The highest BCUT2D eigenvalue weighted by Gasteiger charge is 2.16. The monoisotopic (exact) mass is 406 g/mol. The zero-order valence-electron chi connectivity index (χ0n) is 11.6. The van der Waals surface area contributed by atoms with Crippen LogP contribution in [0.3, 0.4) is 0 Å². The van der Waals surface area contributed by atoms with Gasteiger partial charge in [0.25, 0.3) is 5.69 Å². The molecule has 22 heavy (non-hydrogen) atoms. The van der Waals surface area contributed by atoms with Gasteiger partial charge in [0.05, 0.1) is 10.6 Å². The lowest BCUT2D eigenvalue weighted by atomic mass is 10.1. The Hall–Kier alpha value is -2.29. The molecule has 0 atom stereocenters. The Labute approximate surface area is 139 Å². The van der Waals surface area contributed by atoms with Gasteiger partial charge in [-0.3, -0.25) is 15.1 Å². The van der Waals surface area contributed by atoms with Crippen LogP contribution in [0.25, 0.3) is 11.0 Å². The third-order valence-corrected chi connectivity index (χ3v) is 3.93. The first-order chi connectivity index (χ1) is 10.6. The van der Waals surface area contributed by atoms with E-state index >= 15 is 0 Å². The van der Waals surface area contributed by atoms with E-state index in [0.29, 0.717) is 11.2 Å². The molecule has 1 N–H and O–H groups in total. The molecule has 0 aliphatic heterocycles. The normalized spacial score (nSPS) is 10.6. The lowest BCUT2D eigenvalue weighted by Gasteiger charge is -2.11. The number of nitro benzene ring substituents is 1.